The van der Waals surface area contributed by atoms with Gasteiger partial charge in [-0.1, -0.05) is 45.4 Å². The van der Waals surface area contributed by atoms with Gasteiger partial charge in [-0.05, 0) is 54.2 Å². The summed E-state index contributed by atoms with van der Waals surface area (Å²) in [6.07, 6.45) is 4.30. The van der Waals surface area contributed by atoms with Crippen molar-refractivity contribution in [3.63, 3.8) is 0 Å². The van der Waals surface area contributed by atoms with Crippen LogP contribution >= 0.6 is 0 Å². The van der Waals surface area contributed by atoms with E-state index in [1.807, 2.05) is 0 Å². The van der Waals surface area contributed by atoms with Crippen LogP contribution in [0.2, 0.25) is 0 Å². The van der Waals surface area contributed by atoms with Gasteiger partial charge in [0.15, 0.2) is 0 Å². The van der Waals surface area contributed by atoms with Crippen LogP contribution in [0, 0.1) is 24.7 Å². The minimum atomic E-state index is 0.419. The van der Waals surface area contributed by atoms with E-state index < -0.39 is 0 Å². The third-order valence-corrected chi connectivity index (χ3v) is 5.06. The van der Waals surface area contributed by atoms with Crippen LogP contribution in [0.1, 0.15) is 56.7 Å². The fraction of sp³-hybridized carbons (Fsp3) is 0.684. The van der Waals surface area contributed by atoms with Crippen molar-refractivity contribution in [2.24, 2.45) is 23.5 Å². The molecule has 1 aliphatic rings. The average molecular weight is 289 g/mol. The lowest BCUT2D eigenvalue weighted by Gasteiger charge is -2.37. The number of hydrogen-bond acceptors (Lipinski definition) is 2. The van der Waals surface area contributed by atoms with E-state index >= 15 is 0 Å². The van der Waals surface area contributed by atoms with Crippen LogP contribution in [0.5, 0.6) is 0 Å². The number of rotatable bonds is 5. The molecule has 3 atom stereocenters. The Morgan fingerprint density at radius 2 is 2.05 bits per heavy atom. The molecule has 21 heavy (non-hydrogen) atoms. The second kappa shape index (κ2) is 7.42. The van der Waals surface area contributed by atoms with Gasteiger partial charge in [0.1, 0.15) is 0 Å². The fourth-order valence-corrected chi connectivity index (χ4v) is 3.55. The summed E-state index contributed by atoms with van der Waals surface area (Å²) in [5.74, 6) is 2.22. The molecule has 118 valence electrons. The summed E-state index contributed by atoms with van der Waals surface area (Å²) < 4.78 is 6.34. The van der Waals surface area contributed by atoms with Crippen LogP contribution in [0.3, 0.4) is 0 Å². The smallest absolute Gasteiger partial charge is 0.0723 e. The van der Waals surface area contributed by atoms with Gasteiger partial charge >= 0.3 is 0 Å². The highest BCUT2D eigenvalue weighted by molar-refractivity contribution is 5.30. The zero-order chi connectivity index (χ0) is 15.4. The van der Waals surface area contributed by atoms with Crippen molar-refractivity contribution in [1.29, 1.82) is 0 Å². The normalized spacial score (nSPS) is 26.3. The van der Waals surface area contributed by atoms with Crippen LogP contribution in [0.4, 0.5) is 0 Å². The number of ether oxygens (including phenoxy) is 1. The summed E-state index contributed by atoms with van der Waals surface area (Å²) in [7, 11) is 0. The Bertz CT molecular complexity index is 455. The first kappa shape index (κ1) is 16.5. The molecule has 1 aromatic carbocycles. The van der Waals surface area contributed by atoms with E-state index in [0.29, 0.717) is 24.5 Å². The van der Waals surface area contributed by atoms with E-state index in [1.165, 1.54) is 36.0 Å². The van der Waals surface area contributed by atoms with Gasteiger partial charge in [0.25, 0.3) is 0 Å². The molecule has 0 radical (unpaired) electrons. The molecule has 2 nitrogen and oxygen atoms in total. The summed E-state index contributed by atoms with van der Waals surface area (Å²) >= 11 is 0. The summed E-state index contributed by atoms with van der Waals surface area (Å²) in [5.41, 5.74) is 9.49. The molecule has 0 aromatic heterocycles. The maximum Gasteiger partial charge on any atom is 0.0723 e. The SMILES string of the molecule is Cc1cc(CN)ccc1COC1CC(C)CCC1C(C)C. The monoisotopic (exact) mass is 289 g/mol. The Hall–Kier alpha value is -0.860. The van der Waals surface area contributed by atoms with Gasteiger partial charge in [-0.25, -0.2) is 0 Å². The molecule has 0 spiro atoms. The minimum Gasteiger partial charge on any atom is -0.373 e. The average Bonchev–Trinajstić information content (AvgIpc) is 2.45. The van der Waals surface area contributed by atoms with Crippen molar-refractivity contribution < 1.29 is 4.74 Å². The first-order valence-electron chi connectivity index (χ1n) is 8.41. The number of benzene rings is 1. The number of aryl methyl sites for hydroxylation is 1. The summed E-state index contributed by atoms with van der Waals surface area (Å²) in [6.45, 7) is 10.5. The molecule has 0 aliphatic heterocycles. The lowest BCUT2D eigenvalue weighted by atomic mass is 9.75. The zero-order valence-corrected chi connectivity index (χ0v) is 14.1. The van der Waals surface area contributed by atoms with E-state index in [1.54, 1.807) is 0 Å². The largest absolute Gasteiger partial charge is 0.373 e. The van der Waals surface area contributed by atoms with Crippen molar-refractivity contribution in [1.82, 2.24) is 0 Å². The number of nitrogens with two attached hydrogens (primary N) is 1. The maximum atomic E-state index is 6.34. The molecule has 1 fully saturated rings. The first-order chi connectivity index (χ1) is 10.0. The Labute approximate surface area is 130 Å². The Morgan fingerprint density at radius 1 is 1.29 bits per heavy atom. The highest BCUT2D eigenvalue weighted by Gasteiger charge is 2.31. The fourth-order valence-electron chi connectivity index (χ4n) is 3.55. The van der Waals surface area contributed by atoms with Crippen molar-refractivity contribution in [3.05, 3.63) is 34.9 Å². The number of hydrogen-bond donors (Lipinski definition) is 1. The quantitative estimate of drug-likeness (QED) is 0.870. The second-order valence-corrected chi connectivity index (χ2v) is 7.14. The van der Waals surface area contributed by atoms with Crippen LogP contribution in [0.15, 0.2) is 18.2 Å². The van der Waals surface area contributed by atoms with Gasteiger partial charge in [-0.3, -0.25) is 0 Å². The maximum absolute atomic E-state index is 6.34. The molecule has 0 amide bonds. The molecular weight excluding hydrogens is 258 g/mol. The lowest BCUT2D eigenvalue weighted by molar-refractivity contribution is -0.0474. The topological polar surface area (TPSA) is 35.2 Å². The summed E-state index contributed by atoms with van der Waals surface area (Å²) in [4.78, 5) is 0. The van der Waals surface area contributed by atoms with Gasteiger partial charge in [-0.15, -0.1) is 0 Å². The molecular formula is C19H31NO. The van der Waals surface area contributed by atoms with Gasteiger partial charge in [0.05, 0.1) is 12.7 Å². The van der Waals surface area contributed by atoms with Gasteiger partial charge in [0.2, 0.25) is 0 Å². The molecule has 2 heteroatoms. The zero-order valence-electron chi connectivity index (χ0n) is 14.1. The molecule has 1 aromatic rings. The van der Waals surface area contributed by atoms with Crippen molar-refractivity contribution >= 4 is 0 Å². The minimum absolute atomic E-state index is 0.419. The third-order valence-electron chi connectivity index (χ3n) is 5.06. The van der Waals surface area contributed by atoms with Crippen molar-refractivity contribution in [3.8, 4) is 0 Å². The predicted octanol–water partition coefficient (Wildman–Crippen LogP) is 4.43. The highest BCUT2D eigenvalue weighted by atomic mass is 16.5. The van der Waals surface area contributed by atoms with E-state index in [0.717, 1.165) is 12.5 Å². The lowest BCUT2D eigenvalue weighted by Crippen LogP contribution is -2.34. The molecule has 0 bridgehead atoms. The predicted molar refractivity (Wildman–Crippen MR) is 89.0 cm³/mol. The van der Waals surface area contributed by atoms with Gasteiger partial charge in [-0.2, -0.15) is 0 Å². The molecule has 0 heterocycles. The van der Waals surface area contributed by atoms with E-state index in [2.05, 4.69) is 45.9 Å². The molecule has 1 aliphatic carbocycles. The molecule has 2 rings (SSSR count). The van der Waals surface area contributed by atoms with E-state index in [-0.39, 0.29) is 0 Å². The molecule has 0 saturated heterocycles. The van der Waals surface area contributed by atoms with E-state index in [4.69, 9.17) is 10.5 Å². The van der Waals surface area contributed by atoms with Crippen LogP contribution in [-0.4, -0.2) is 6.10 Å². The van der Waals surface area contributed by atoms with Crippen molar-refractivity contribution in [2.75, 3.05) is 0 Å². The highest BCUT2D eigenvalue weighted by Crippen LogP contribution is 2.35. The Balaban J connectivity index is 2.00. The van der Waals surface area contributed by atoms with Crippen LogP contribution in [0.25, 0.3) is 0 Å². The third kappa shape index (κ3) is 4.31. The second-order valence-electron chi connectivity index (χ2n) is 7.14. The summed E-state index contributed by atoms with van der Waals surface area (Å²) in [6, 6.07) is 6.48. The molecule has 2 N–H and O–H groups in total. The van der Waals surface area contributed by atoms with Gasteiger partial charge < -0.3 is 10.5 Å². The van der Waals surface area contributed by atoms with Crippen molar-refractivity contribution in [2.45, 2.75) is 66.2 Å². The Kier molecular flexibility index (Phi) is 5.83. The van der Waals surface area contributed by atoms with Crippen LogP contribution < -0.4 is 5.73 Å². The first-order valence-corrected chi connectivity index (χ1v) is 8.41. The summed E-state index contributed by atoms with van der Waals surface area (Å²) in [5, 5.41) is 0. The Morgan fingerprint density at radius 3 is 2.67 bits per heavy atom. The standard InChI is InChI=1S/C19H31NO/c1-13(2)18-8-5-14(3)9-19(18)21-12-17-7-6-16(11-20)10-15(17)4/h6-7,10,13-14,18-19H,5,8-9,11-12,20H2,1-4H3. The van der Waals surface area contributed by atoms with Gasteiger partial charge in [0, 0.05) is 6.54 Å². The van der Waals surface area contributed by atoms with E-state index in [9.17, 15) is 0 Å². The molecule has 1 saturated carbocycles. The molecule has 3 unspecified atom stereocenters. The van der Waals surface area contributed by atoms with Crippen LogP contribution in [-0.2, 0) is 17.9 Å².